The van der Waals surface area contributed by atoms with Crippen molar-refractivity contribution < 1.29 is 9.32 Å². The first-order valence-electron chi connectivity index (χ1n) is 7.88. The second kappa shape index (κ2) is 9.46. The molecule has 5 nitrogen and oxygen atoms in total. The van der Waals surface area contributed by atoms with E-state index >= 15 is 0 Å². The predicted molar refractivity (Wildman–Crippen MR) is 109 cm³/mol. The molecular weight excluding hydrogens is 429 g/mol. The monoisotopic (exact) mass is 441 g/mol. The van der Waals surface area contributed by atoms with Crippen molar-refractivity contribution in [1.82, 2.24) is 15.5 Å². The number of thioether (sulfide) groups is 1. The minimum atomic E-state index is -0.119. The van der Waals surface area contributed by atoms with E-state index in [2.05, 4.69) is 15.5 Å². The van der Waals surface area contributed by atoms with Gasteiger partial charge >= 0.3 is 0 Å². The average Bonchev–Trinajstić information content (AvgIpc) is 3.12. The van der Waals surface area contributed by atoms with Gasteiger partial charge in [0.15, 0.2) is 0 Å². The molecule has 0 spiro atoms. The minimum Gasteiger partial charge on any atom is -0.346 e. The van der Waals surface area contributed by atoms with Crippen LogP contribution in [0.5, 0.6) is 0 Å². The van der Waals surface area contributed by atoms with Crippen molar-refractivity contribution in [1.29, 1.82) is 0 Å². The Morgan fingerprint density at radius 3 is 2.59 bits per heavy atom. The Balaban J connectivity index is 1.44. The number of hydrogen-bond acceptors (Lipinski definition) is 5. The Hall–Kier alpha value is -1.73. The summed E-state index contributed by atoms with van der Waals surface area (Å²) in [4.78, 5) is 16.2. The molecule has 0 unspecified atom stereocenters. The smallest absolute Gasteiger partial charge is 0.246 e. The lowest BCUT2D eigenvalue weighted by Gasteiger charge is -2.04. The largest absolute Gasteiger partial charge is 0.346 e. The maximum absolute atomic E-state index is 12.0. The molecule has 2 aromatic carbocycles. The van der Waals surface area contributed by atoms with Crippen LogP contribution >= 0.6 is 46.6 Å². The second-order valence-corrected chi connectivity index (χ2v) is 7.77. The number of amides is 1. The van der Waals surface area contributed by atoms with Crippen LogP contribution in [0, 0.1) is 0 Å². The van der Waals surface area contributed by atoms with Gasteiger partial charge in [0.05, 0.1) is 22.3 Å². The number of rotatable bonds is 7. The van der Waals surface area contributed by atoms with E-state index in [1.807, 2.05) is 6.07 Å². The van der Waals surface area contributed by atoms with Crippen molar-refractivity contribution in [3.05, 3.63) is 69.0 Å². The molecule has 0 bridgehead atoms. The molecule has 1 amide bonds. The third-order valence-corrected chi connectivity index (χ3v) is 5.49. The lowest BCUT2D eigenvalue weighted by molar-refractivity contribution is -0.118. The van der Waals surface area contributed by atoms with Gasteiger partial charge in [0.2, 0.25) is 17.6 Å². The van der Waals surface area contributed by atoms with E-state index < -0.39 is 0 Å². The standard InChI is InChI=1S/C18H14Cl3N3O2S/c19-13-4-2-12(3-5-13)18-23-17(26-24-18)8-22-16(25)10-27-9-11-1-6-14(20)15(21)7-11/h1-7H,8-10H2,(H,22,25). The van der Waals surface area contributed by atoms with Crippen LogP contribution in [0.1, 0.15) is 11.5 Å². The number of hydrogen-bond donors (Lipinski definition) is 1. The summed E-state index contributed by atoms with van der Waals surface area (Å²) < 4.78 is 5.16. The molecule has 1 heterocycles. The highest BCUT2D eigenvalue weighted by atomic mass is 35.5. The zero-order chi connectivity index (χ0) is 19.2. The molecule has 0 saturated carbocycles. The molecule has 3 aromatic rings. The first-order valence-corrected chi connectivity index (χ1v) is 10.2. The number of nitrogens with one attached hydrogen (secondary N) is 1. The van der Waals surface area contributed by atoms with Crippen molar-refractivity contribution in [3.63, 3.8) is 0 Å². The van der Waals surface area contributed by atoms with Crippen LogP contribution in [0.25, 0.3) is 11.4 Å². The number of carbonyl (C=O) groups is 1. The fourth-order valence-electron chi connectivity index (χ4n) is 2.16. The Morgan fingerprint density at radius 1 is 1.07 bits per heavy atom. The molecule has 0 aliphatic carbocycles. The highest BCUT2D eigenvalue weighted by Crippen LogP contribution is 2.24. The highest BCUT2D eigenvalue weighted by Gasteiger charge is 2.10. The molecule has 0 aliphatic heterocycles. The van der Waals surface area contributed by atoms with E-state index in [0.717, 1.165) is 11.1 Å². The van der Waals surface area contributed by atoms with Crippen molar-refractivity contribution in [2.75, 3.05) is 5.75 Å². The van der Waals surface area contributed by atoms with Gasteiger partial charge in [0, 0.05) is 16.3 Å². The van der Waals surface area contributed by atoms with E-state index in [4.69, 9.17) is 39.3 Å². The molecule has 0 aliphatic rings. The van der Waals surface area contributed by atoms with Crippen LogP contribution in [-0.4, -0.2) is 21.8 Å². The third kappa shape index (κ3) is 5.87. The van der Waals surface area contributed by atoms with Crippen LogP contribution in [0.3, 0.4) is 0 Å². The lowest BCUT2D eigenvalue weighted by atomic mass is 10.2. The molecule has 27 heavy (non-hydrogen) atoms. The van der Waals surface area contributed by atoms with Crippen LogP contribution in [0.4, 0.5) is 0 Å². The SMILES string of the molecule is O=C(CSCc1ccc(Cl)c(Cl)c1)NCc1nc(-c2ccc(Cl)cc2)no1. The van der Waals surface area contributed by atoms with Gasteiger partial charge in [-0.1, -0.05) is 46.0 Å². The zero-order valence-electron chi connectivity index (χ0n) is 13.9. The summed E-state index contributed by atoms with van der Waals surface area (Å²) in [5, 5.41) is 8.31. The van der Waals surface area contributed by atoms with Gasteiger partial charge in [-0.15, -0.1) is 11.8 Å². The Morgan fingerprint density at radius 2 is 1.85 bits per heavy atom. The topological polar surface area (TPSA) is 68.0 Å². The predicted octanol–water partition coefficient (Wildman–Crippen LogP) is 5.25. The molecule has 1 N–H and O–H groups in total. The fraction of sp³-hybridized carbons (Fsp3) is 0.167. The van der Waals surface area contributed by atoms with Crippen molar-refractivity contribution >= 4 is 52.5 Å². The molecule has 1 aromatic heterocycles. The number of aromatic nitrogens is 2. The quantitative estimate of drug-likeness (QED) is 0.541. The van der Waals surface area contributed by atoms with E-state index in [1.165, 1.54) is 11.8 Å². The summed E-state index contributed by atoms with van der Waals surface area (Å²) in [6.07, 6.45) is 0. The summed E-state index contributed by atoms with van der Waals surface area (Å²) in [6.45, 7) is 0.173. The molecular formula is C18H14Cl3N3O2S. The van der Waals surface area contributed by atoms with Gasteiger partial charge < -0.3 is 9.84 Å². The maximum Gasteiger partial charge on any atom is 0.246 e. The second-order valence-electron chi connectivity index (χ2n) is 5.54. The maximum atomic E-state index is 12.0. The first-order chi connectivity index (χ1) is 13.0. The van der Waals surface area contributed by atoms with Gasteiger partial charge in [-0.25, -0.2) is 0 Å². The zero-order valence-corrected chi connectivity index (χ0v) is 17.0. The van der Waals surface area contributed by atoms with Gasteiger partial charge in [0.25, 0.3) is 0 Å². The van der Waals surface area contributed by atoms with Crippen LogP contribution in [0.15, 0.2) is 47.0 Å². The van der Waals surface area contributed by atoms with E-state index in [9.17, 15) is 4.79 Å². The Bertz CT molecular complexity index is 932. The summed E-state index contributed by atoms with van der Waals surface area (Å²) in [5.41, 5.74) is 1.80. The van der Waals surface area contributed by atoms with Crippen LogP contribution in [0.2, 0.25) is 15.1 Å². The number of carbonyl (C=O) groups excluding carboxylic acids is 1. The van der Waals surface area contributed by atoms with Gasteiger partial charge in [-0.2, -0.15) is 4.98 Å². The molecule has 0 atom stereocenters. The molecule has 0 saturated heterocycles. The third-order valence-electron chi connectivity index (χ3n) is 3.49. The highest BCUT2D eigenvalue weighted by molar-refractivity contribution is 7.99. The number of benzene rings is 2. The van der Waals surface area contributed by atoms with Crippen LogP contribution < -0.4 is 5.32 Å². The van der Waals surface area contributed by atoms with Gasteiger partial charge in [-0.05, 0) is 42.0 Å². The Labute approximate surface area is 175 Å². The summed E-state index contributed by atoms with van der Waals surface area (Å²) >= 11 is 19.2. The van der Waals surface area contributed by atoms with Crippen molar-refractivity contribution in [2.24, 2.45) is 0 Å². The average molecular weight is 443 g/mol. The summed E-state index contributed by atoms with van der Waals surface area (Å²) in [7, 11) is 0. The summed E-state index contributed by atoms with van der Waals surface area (Å²) in [5.74, 6) is 1.63. The molecule has 140 valence electrons. The van der Waals surface area contributed by atoms with Gasteiger partial charge in [0.1, 0.15) is 0 Å². The van der Waals surface area contributed by atoms with Crippen molar-refractivity contribution in [2.45, 2.75) is 12.3 Å². The van der Waals surface area contributed by atoms with E-state index in [-0.39, 0.29) is 12.5 Å². The Kier molecular flexibility index (Phi) is 7.01. The summed E-state index contributed by atoms with van der Waals surface area (Å²) in [6, 6.07) is 12.5. The number of nitrogens with zero attached hydrogens (tertiary/aromatic N) is 2. The first kappa shape index (κ1) is 20.0. The molecule has 0 fully saturated rings. The lowest BCUT2D eigenvalue weighted by Crippen LogP contribution is -2.24. The molecule has 9 heteroatoms. The number of halogens is 3. The molecule has 0 radical (unpaired) electrons. The van der Waals surface area contributed by atoms with Gasteiger partial charge in [-0.3, -0.25) is 4.79 Å². The fourth-order valence-corrected chi connectivity index (χ4v) is 3.41. The molecule has 3 rings (SSSR count). The van der Waals surface area contributed by atoms with Crippen molar-refractivity contribution in [3.8, 4) is 11.4 Å². The minimum absolute atomic E-state index is 0.119. The van der Waals surface area contributed by atoms with Crippen LogP contribution in [-0.2, 0) is 17.1 Å². The van der Waals surface area contributed by atoms with E-state index in [1.54, 1.807) is 36.4 Å². The normalized spacial score (nSPS) is 10.8. The van der Waals surface area contributed by atoms with E-state index in [0.29, 0.717) is 38.3 Å².